The van der Waals surface area contributed by atoms with Crippen LogP contribution in [-0.2, 0) is 4.74 Å². The number of carbonyl (C=O) groups is 1. The number of aromatic nitrogens is 1. The summed E-state index contributed by atoms with van der Waals surface area (Å²) < 4.78 is 31.6. The van der Waals surface area contributed by atoms with Crippen molar-refractivity contribution in [2.24, 2.45) is 0 Å². The Morgan fingerprint density at radius 3 is 3.17 bits per heavy atom. The fourth-order valence-corrected chi connectivity index (χ4v) is 0.932. The fraction of sp³-hybridized carbons (Fsp3) is 0.143. The van der Waals surface area contributed by atoms with Crippen molar-refractivity contribution in [3.05, 3.63) is 28.2 Å². The number of nitrogens with zero attached hydrogens (tertiary/aromatic N) is 1. The predicted molar refractivity (Wildman–Crippen MR) is 43.2 cm³/mol. The quantitative estimate of drug-likeness (QED) is 0.551. The zero-order valence-corrected chi connectivity index (χ0v) is 7.61. The number of carbonyl (C=O) groups excluding carboxylic acids is 1. The molecule has 0 radical (unpaired) electrons. The highest BCUT2D eigenvalue weighted by atomic mass is 79.9. The minimum absolute atomic E-state index is 0.0456. The van der Waals surface area contributed by atoms with Crippen LogP contribution in [0.25, 0.3) is 0 Å². The van der Waals surface area contributed by atoms with Gasteiger partial charge in [-0.3, -0.25) is 0 Å². The summed E-state index contributed by atoms with van der Waals surface area (Å²) in [4.78, 5) is 14.2. The number of pyridine rings is 1. The van der Waals surface area contributed by atoms with Crippen LogP contribution in [0.1, 0.15) is 13.1 Å². The topological polar surface area (TPSA) is 39.2 Å². The molecule has 0 aliphatic heterocycles. The molecule has 1 heterocycles. The van der Waals surface area contributed by atoms with Crippen LogP contribution in [0.15, 0.2) is 16.7 Å². The van der Waals surface area contributed by atoms with Crippen molar-refractivity contribution in [3.63, 3.8) is 0 Å². The van der Waals surface area contributed by atoms with E-state index in [0.29, 0.717) is 0 Å². The normalized spacial score (nSPS) is 11.9. The molecule has 0 atom stereocenters. The van der Waals surface area contributed by atoms with Crippen LogP contribution in [0.4, 0.5) is 4.39 Å². The first kappa shape index (κ1) is 6.54. The number of rotatable bonds is 1. The molecule has 0 spiro atoms. The van der Waals surface area contributed by atoms with Crippen molar-refractivity contribution >= 4 is 21.9 Å². The van der Waals surface area contributed by atoms with Crippen LogP contribution in [0.3, 0.4) is 0 Å². The number of esters is 1. The number of halogens is 2. The lowest BCUT2D eigenvalue weighted by Crippen LogP contribution is -2.03. The maximum atomic E-state index is 12.9. The first-order valence-electron chi connectivity index (χ1n) is 3.89. The number of ether oxygens (including phenoxy) is 1. The van der Waals surface area contributed by atoms with Crippen LogP contribution >= 0.6 is 15.9 Å². The van der Waals surface area contributed by atoms with Crippen LogP contribution in [0, 0.1) is 5.95 Å². The second-order valence-corrected chi connectivity index (χ2v) is 2.61. The van der Waals surface area contributed by atoms with Crippen molar-refractivity contribution in [2.45, 2.75) is 0 Å². The summed E-state index contributed by atoms with van der Waals surface area (Å²) in [5.41, 5.74) is -0.329. The Balaban J connectivity index is 3.47. The Bertz CT molecular complexity index is 374. The van der Waals surface area contributed by atoms with Crippen molar-refractivity contribution in [3.8, 4) is 0 Å². The van der Waals surface area contributed by atoms with Gasteiger partial charge in [-0.05, 0) is 15.9 Å². The van der Waals surface area contributed by atoms with Crippen molar-refractivity contribution in [1.29, 1.82) is 0 Å². The minimum atomic E-state index is -1.17. The first-order chi connectivity index (χ1) is 6.49. The van der Waals surface area contributed by atoms with Crippen LogP contribution < -0.4 is 0 Å². The summed E-state index contributed by atoms with van der Waals surface area (Å²) >= 11 is 2.87. The van der Waals surface area contributed by atoms with E-state index in [1.54, 1.807) is 0 Å². The third kappa shape index (κ3) is 1.79. The molecule has 64 valence electrons. The van der Waals surface area contributed by atoms with E-state index in [1.165, 1.54) is 0 Å². The lowest BCUT2D eigenvalue weighted by molar-refractivity contribution is 0.0599. The smallest absolute Gasteiger partial charge is 0.339 e. The lowest BCUT2D eigenvalue weighted by atomic mass is 10.3. The molecule has 0 saturated carbocycles. The second kappa shape index (κ2) is 3.62. The maximum Gasteiger partial charge on any atom is 0.339 e. The van der Waals surface area contributed by atoms with Crippen molar-refractivity contribution in [1.82, 2.24) is 4.98 Å². The van der Waals surface area contributed by atoms with E-state index in [2.05, 4.69) is 25.7 Å². The van der Waals surface area contributed by atoms with Gasteiger partial charge in [-0.15, -0.1) is 0 Å². The molecule has 0 aromatic carbocycles. The third-order valence-corrected chi connectivity index (χ3v) is 1.66. The summed E-state index contributed by atoms with van der Waals surface area (Å²) in [6.45, 7) is 0. The van der Waals surface area contributed by atoms with Gasteiger partial charge in [0.15, 0.2) is 0 Å². The molecule has 5 heteroatoms. The summed E-state index contributed by atoms with van der Waals surface area (Å²) in [6, 6.07) is -0.681. The Morgan fingerprint density at radius 2 is 2.58 bits per heavy atom. The molecule has 1 aromatic rings. The molecule has 0 unspecified atom stereocenters. The van der Waals surface area contributed by atoms with E-state index in [4.69, 9.17) is 2.74 Å². The summed E-state index contributed by atoms with van der Waals surface area (Å²) in [7, 11) is 1.11. The summed E-state index contributed by atoms with van der Waals surface area (Å²) in [5.74, 6) is -2.05. The molecular weight excluding hydrogens is 229 g/mol. The van der Waals surface area contributed by atoms with E-state index in [-0.39, 0.29) is 10.0 Å². The molecule has 0 saturated heterocycles. The predicted octanol–water partition coefficient (Wildman–Crippen LogP) is 1.77. The molecule has 0 aliphatic rings. The highest BCUT2D eigenvalue weighted by molar-refractivity contribution is 9.10. The lowest BCUT2D eigenvalue weighted by Gasteiger charge is -2.00. The first-order valence-corrected chi connectivity index (χ1v) is 3.68. The Kier molecular flexibility index (Phi) is 1.97. The van der Waals surface area contributed by atoms with Gasteiger partial charge in [0.1, 0.15) is 0 Å². The van der Waals surface area contributed by atoms with Gasteiger partial charge in [0.05, 0.1) is 19.9 Å². The van der Waals surface area contributed by atoms with Gasteiger partial charge in [-0.25, -0.2) is 9.78 Å². The van der Waals surface area contributed by atoms with E-state index >= 15 is 0 Å². The SMILES string of the molecule is [2H]c1nc(F)c([2H])c(C(=O)OC)c1Br. The zero-order chi connectivity index (χ0) is 10.9. The zero-order valence-electron chi connectivity index (χ0n) is 8.02. The summed E-state index contributed by atoms with van der Waals surface area (Å²) in [5, 5.41) is 0. The van der Waals surface area contributed by atoms with Crippen molar-refractivity contribution in [2.75, 3.05) is 7.11 Å². The highest BCUT2D eigenvalue weighted by Gasteiger charge is 2.11. The second-order valence-electron chi connectivity index (χ2n) is 1.82. The van der Waals surface area contributed by atoms with Crippen LogP contribution in [0.5, 0.6) is 0 Å². The molecule has 1 aromatic heterocycles. The van der Waals surface area contributed by atoms with E-state index in [9.17, 15) is 9.18 Å². The van der Waals surface area contributed by atoms with E-state index in [0.717, 1.165) is 7.11 Å². The standard InChI is InChI=1S/C7H5BrFNO2/c1-12-7(11)4-2-6(9)10-3-5(4)8/h2-3H,1H3/i2D,3D. The van der Waals surface area contributed by atoms with Gasteiger partial charge in [-0.2, -0.15) is 4.39 Å². The molecule has 1 rings (SSSR count). The number of hydrogen-bond acceptors (Lipinski definition) is 3. The third-order valence-electron chi connectivity index (χ3n) is 1.09. The van der Waals surface area contributed by atoms with Crippen molar-refractivity contribution < 1.29 is 16.7 Å². The highest BCUT2D eigenvalue weighted by Crippen LogP contribution is 2.16. The van der Waals surface area contributed by atoms with Gasteiger partial charge in [0.25, 0.3) is 0 Å². The van der Waals surface area contributed by atoms with Gasteiger partial charge in [-0.1, -0.05) is 0 Å². The Morgan fingerprint density at radius 1 is 1.92 bits per heavy atom. The molecule has 0 N–H and O–H groups in total. The molecule has 12 heavy (non-hydrogen) atoms. The molecule has 0 fully saturated rings. The van der Waals surface area contributed by atoms with E-state index in [1.807, 2.05) is 0 Å². The maximum absolute atomic E-state index is 12.9. The average molecular weight is 236 g/mol. The summed E-state index contributed by atoms with van der Waals surface area (Å²) in [6.07, 6.45) is -0.445. The Hall–Kier alpha value is -0.970. The molecule has 0 aliphatic carbocycles. The number of methoxy groups -OCH3 is 1. The van der Waals surface area contributed by atoms with Crippen LogP contribution in [-0.4, -0.2) is 18.1 Å². The molecule has 0 bridgehead atoms. The minimum Gasteiger partial charge on any atom is -0.465 e. The van der Waals surface area contributed by atoms with Gasteiger partial charge >= 0.3 is 5.97 Å². The van der Waals surface area contributed by atoms with Gasteiger partial charge < -0.3 is 4.74 Å². The van der Waals surface area contributed by atoms with E-state index < -0.39 is 24.1 Å². The fourth-order valence-electron chi connectivity index (χ4n) is 0.583. The van der Waals surface area contributed by atoms with Gasteiger partial charge in [0.2, 0.25) is 5.95 Å². The van der Waals surface area contributed by atoms with Gasteiger partial charge in [0, 0.05) is 12.2 Å². The monoisotopic (exact) mass is 235 g/mol. The molecular formula is C7H5BrFNO2. The Labute approximate surface area is 79.5 Å². The number of hydrogen-bond donors (Lipinski definition) is 0. The molecule has 3 nitrogen and oxygen atoms in total. The van der Waals surface area contributed by atoms with Crippen LogP contribution in [0.2, 0.25) is 0 Å². The average Bonchev–Trinajstić information content (AvgIpc) is 2.15. The largest absolute Gasteiger partial charge is 0.465 e. The molecule has 0 amide bonds.